The van der Waals surface area contributed by atoms with Crippen LogP contribution in [0.5, 0.6) is 0 Å². The van der Waals surface area contributed by atoms with Crippen LogP contribution in [0, 0.1) is 5.92 Å². The fraction of sp³-hybridized carbons (Fsp3) is 0.350. The number of nitrogens with one attached hydrogen (secondary N) is 1. The summed E-state index contributed by atoms with van der Waals surface area (Å²) in [6.45, 7) is 4.40. The van der Waals surface area contributed by atoms with E-state index in [0.29, 0.717) is 5.82 Å². The number of rotatable bonds is 4. The fourth-order valence-corrected chi connectivity index (χ4v) is 4.11. The van der Waals surface area contributed by atoms with Crippen molar-refractivity contribution >= 4 is 28.9 Å². The number of Topliss-reactive ketones (excluding diaryl/α,β-unsaturated/α-hetero) is 1. The minimum atomic E-state index is -0.700. The number of hydrogen-bond donors (Lipinski definition) is 1. The van der Waals surface area contributed by atoms with Crippen molar-refractivity contribution in [2.24, 2.45) is 5.92 Å². The van der Waals surface area contributed by atoms with Gasteiger partial charge in [-0.2, -0.15) is 0 Å². The summed E-state index contributed by atoms with van der Waals surface area (Å²) in [5, 5.41) is 3.48. The van der Waals surface area contributed by atoms with Gasteiger partial charge in [-0.15, -0.1) is 0 Å². The van der Waals surface area contributed by atoms with Crippen molar-refractivity contribution in [3.63, 3.8) is 0 Å². The molecule has 2 aromatic rings. The number of aromatic nitrogens is 1. The molecule has 0 bridgehead atoms. The number of para-hydroxylation sites is 2. The minimum Gasteiger partial charge on any atom is -0.362 e. The van der Waals surface area contributed by atoms with Gasteiger partial charge in [-0.1, -0.05) is 25.1 Å². The van der Waals surface area contributed by atoms with Gasteiger partial charge in [0.15, 0.2) is 0 Å². The van der Waals surface area contributed by atoms with Crippen molar-refractivity contribution < 1.29 is 9.59 Å². The Bertz CT molecular complexity index is 839. The second-order valence-corrected chi connectivity index (χ2v) is 6.77. The Morgan fingerprint density at radius 2 is 1.96 bits per heavy atom. The van der Waals surface area contributed by atoms with Crippen LogP contribution in [-0.4, -0.2) is 35.4 Å². The zero-order valence-corrected chi connectivity index (χ0v) is 14.9. The summed E-state index contributed by atoms with van der Waals surface area (Å²) >= 11 is 0. The third kappa shape index (κ3) is 2.44. The van der Waals surface area contributed by atoms with Crippen molar-refractivity contribution in [3.05, 3.63) is 48.7 Å². The number of carbonyl (C=O) groups is 2. The molecule has 2 aliphatic rings. The molecular formula is C20H22N4O2. The number of benzene rings is 1. The maximum absolute atomic E-state index is 13.2. The largest absolute Gasteiger partial charge is 0.362 e. The van der Waals surface area contributed by atoms with Gasteiger partial charge in [-0.3, -0.25) is 14.5 Å². The number of ketones is 1. The van der Waals surface area contributed by atoms with Gasteiger partial charge in [0.05, 0.1) is 17.4 Å². The van der Waals surface area contributed by atoms with E-state index in [4.69, 9.17) is 0 Å². The monoisotopic (exact) mass is 350 g/mol. The number of pyridine rings is 1. The number of fused-ring (bicyclic) bond motifs is 2. The average molecular weight is 350 g/mol. The number of nitrogens with zero attached hydrogens (tertiary/aromatic N) is 3. The Labute approximate surface area is 152 Å². The van der Waals surface area contributed by atoms with Crippen LogP contribution in [0.15, 0.2) is 48.7 Å². The van der Waals surface area contributed by atoms with Crippen LogP contribution in [0.2, 0.25) is 0 Å². The lowest BCUT2D eigenvalue weighted by molar-refractivity contribution is -0.129. The smallest absolute Gasteiger partial charge is 0.242 e. The predicted molar refractivity (Wildman–Crippen MR) is 101 cm³/mol. The SMILES string of the molecule is CCCN1c2ccccc2N[C@@H]2[C@H]1[C@@H](C(C)=O)C(=O)N2c1ccccn1. The Morgan fingerprint density at radius 1 is 1.19 bits per heavy atom. The van der Waals surface area contributed by atoms with Gasteiger partial charge >= 0.3 is 0 Å². The normalized spacial score (nSPS) is 24.1. The summed E-state index contributed by atoms with van der Waals surface area (Å²) in [5.74, 6) is -0.424. The third-order valence-electron chi connectivity index (χ3n) is 5.12. The van der Waals surface area contributed by atoms with Crippen molar-refractivity contribution in [3.8, 4) is 0 Å². The molecule has 4 rings (SSSR count). The summed E-state index contributed by atoms with van der Waals surface area (Å²) < 4.78 is 0. The molecule has 0 saturated carbocycles. The highest BCUT2D eigenvalue weighted by molar-refractivity contribution is 6.12. The van der Waals surface area contributed by atoms with Gasteiger partial charge in [0.2, 0.25) is 5.91 Å². The Kier molecular flexibility index (Phi) is 4.11. The van der Waals surface area contributed by atoms with Crippen LogP contribution in [0.4, 0.5) is 17.2 Å². The molecular weight excluding hydrogens is 328 g/mol. The lowest BCUT2D eigenvalue weighted by Gasteiger charge is -2.43. The number of amides is 1. The first kappa shape index (κ1) is 16.6. The first-order valence-electron chi connectivity index (χ1n) is 9.00. The summed E-state index contributed by atoms with van der Waals surface area (Å²) in [5.41, 5.74) is 2.01. The molecule has 2 aliphatic heterocycles. The highest BCUT2D eigenvalue weighted by atomic mass is 16.2. The molecule has 0 unspecified atom stereocenters. The molecule has 0 spiro atoms. The molecule has 1 aromatic heterocycles. The quantitative estimate of drug-likeness (QED) is 0.859. The summed E-state index contributed by atoms with van der Waals surface area (Å²) in [7, 11) is 0. The highest BCUT2D eigenvalue weighted by Gasteiger charge is 2.55. The molecule has 6 heteroatoms. The van der Waals surface area contributed by atoms with Crippen LogP contribution < -0.4 is 15.1 Å². The molecule has 6 nitrogen and oxygen atoms in total. The maximum Gasteiger partial charge on any atom is 0.242 e. The predicted octanol–water partition coefficient (Wildman–Crippen LogP) is 2.67. The zero-order chi connectivity index (χ0) is 18.3. The van der Waals surface area contributed by atoms with E-state index in [1.807, 2.05) is 42.5 Å². The Balaban J connectivity index is 1.86. The first-order valence-corrected chi connectivity index (χ1v) is 9.00. The lowest BCUT2D eigenvalue weighted by atomic mass is 9.93. The summed E-state index contributed by atoms with van der Waals surface area (Å²) in [6.07, 6.45) is 2.27. The second kappa shape index (κ2) is 6.44. The molecule has 0 aliphatic carbocycles. The average Bonchev–Trinajstić information content (AvgIpc) is 2.94. The molecule has 3 heterocycles. The van der Waals surface area contributed by atoms with Crippen molar-refractivity contribution in [1.29, 1.82) is 0 Å². The zero-order valence-electron chi connectivity index (χ0n) is 14.9. The molecule has 1 amide bonds. The fourth-order valence-electron chi connectivity index (χ4n) is 4.11. The van der Waals surface area contributed by atoms with E-state index in [1.54, 1.807) is 11.1 Å². The van der Waals surface area contributed by atoms with Gasteiger partial charge in [0, 0.05) is 12.7 Å². The summed E-state index contributed by atoms with van der Waals surface area (Å²) in [6, 6.07) is 13.2. The van der Waals surface area contributed by atoms with E-state index in [-0.39, 0.29) is 23.9 Å². The standard InChI is InChI=1S/C20H22N4O2/c1-3-12-23-15-9-5-4-8-14(15)22-19-18(23)17(13(2)25)20(26)24(19)16-10-6-7-11-21-16/h4-11,17-19,22H,3,12H2,1-2H3/t17-,18-,19+/m1/s1. The Morgan fingerprint density at radius 3 is 2.65 bits per heavy atom. The summed E-state index contributed by atoms with van der Waals surface area (Å²) in [4.78, 5) is 33.9. The van der Waals surface area contributed by atoms with E-state index in [0.717, 1.165) is 24.3 Å². The number of hydrogen-bond acceptors (Lipinski definition) is 5. The number of anilines is 3. The first-order chi connectivity index (χ1) is 12.6. The van der Waals surface area contributed by atoms with Crippen LogP contribution >= 0.6 is 0 Å². The Hall–Kier alpha value is -2.89. The molecule has 1 N–H and O–H groups in total. The van der Waals surface area contributed by atoms with Gasteiger partial charge in [0.1, 0.15) is 23.7 Å². The van der Waals surface area contributed by atoms with Crippen molar-refractivity contribution in [1.82, 2.24) is 4.98 Å². The molecule has 134 valence electrons. The van der Waals surface area contributed by atoms with E-state index in [1.165, 1.54) is 6.92 Å². The van der Waals surface area contributed by atoms with Gasteiger partial charge < -0.3 is 10.2 Å². The van der Waals surface area contributed by atoms with Crippen LogP contribution in [0.25, 0.3) is 0 Å². The molecule has 1 aromatic carbocycles. The molecule has 0 radical (unpaired) electrons. The highest BCUT2D eigenvalue weighted by Crippen LogP contribution is 2.42. The number of carbonyl (C=O) groups excluding carboxylic acids is 2. The lowest BCUT2D eigenvalue weighted by Crippen LogP contribution is -2.55. The maximum atomic E-state index is 13.2. The van der Waals surface area contributed by atoms with Crippen LogP contribution in [0.3, 0.4) is 0 Å². The third-order valence-corrected chi connectivity index (χ3v) is 5.12. The van der Waals surface area contributed by atoms with Gasteiger partial charge in [0.25, 0.3) is 0 Å². The van der Waals surface area contributed by atoms with E-state index in [9.17, 15) is 9.59 Å². The van der Waals surface area contributed by atoms with E-state index >= 15 is 0 Å². The van der Waals surface area contributed by atoms with Crippen LogP contribution in [-0.2, 0) is 9.59 Å². The molecule has 1 saturated heterocycles. The molecule has 26 heavy (non-hydrogen) atoms. The van der Waals surface area contributed by atoms with E-state index < -0.39 is 5.92 Å². The second-order valence-electron chi connectivity index (χ2n) is 6.77. The topological polar surface area (TPSA) is 65.5 Å². The van der Waals surface area contributed by atoms with Gasteiger partial charge in [-0.05, 0) is 37.6 Å². The molecule has 3 atom stereocenters. The molecule has 1 fully saturated rings. The minimum absolute atomic E-state index is 0.106. The van der Waals surface area contributed by atoms with Crippen molar-refractivity contribution in [2.45, 2.75) is 32.5 Å². The van der Waals surface area contributed by atoms with Crippen LogP contribution in [0.1, 0.15) is 20.3 Å². The van der Waals surface area contributed by atoms with Gasteiger partial charge in [-0.25, -0.2) is 4.98 Å². The van der Waals surface area contributed by atoms with E-state index in [2.05, 4.69) is 22.1 Å². The van der Waals surface area contributed by atoms with Crippen molar-refractivity contribution in [2.75, 3.05) is 21.7 Å².